The van der Waals surface area contributed by atoms with E-state index in [-0.39, 0.29) is 11.8 Å². The summed E-state index contributed by atoms with van der Waals surface area (Å²) in [5.74, 6) is 1.73. The minimum absolute atomic E-state index is 0.0275. The number of nitrogens with one attached hydrogen (secondary N) is 1. The maximum absolute atomic E-state index is 11.2. The molecule has 1 unspecified atom stereocenters. The molecular weight excluding hydrogens is 230 g/mol. The van der Waals surface area contributed by atoms with E-state index in [0.29, 0.717) is 19.6 Å². The van der Waals surface area contributed by atoms with Crippen molar-refractivity contribution in [3.05, 3.63) is 23.8 Å². The van der Waals surface area contributed by atoms with E-state index in [1.165, 1.54) is 0 Å². The van der Waals surface area contributed by atoms with Crippen LogP contribution in [0.2, 0.25) is 0 Å². The van der Waals surface area contributed by atoms with E-state index in [4.69, 9.17) is 9.47 Å². The molecule has 18 heavy (non-hydrogen) atoms. The number of carbonyl (C=O) groups is 1. The number of hydrogen-bond acceptors (Lipinski definition) is 4. The van der Waals surface area contributed by atoms with Crippen LogP contribution in [0.15, 0.2) is 18.2 Å². The van der Waals surface area contributed by atoms with Crippen LogP contribution in [0.5, 0.6) is 11.5 Å². The van der Waals surface area contributed by atoms with Crippen LogP contribution < -0.4 is 14.8 Å². The second-order valence-corrected chi connectivity index (χ2v) is 4.50. The number of hydrogen-bond donors (Lipinski definition) is 1. The van der Waals surface area contributed by atoms with Gasteiger partial charge in [0.25, 0.3) is 0 Å². The van der Waals surface area contributed by atoms with Gasteiger partial charge in [0.15, 0.2) is 11.5 Å². The lowest BCUT2D eigenvalue weighted by Crippen LogP contribution is -2.19. The molecule has 98 valence electrons. The van der Waals surface area contributed by atoms with Crippen molar-refractivity contribution in [2.75, 3.05) is 20.3 Å². The maximum Gasteiger partial charge on any atom is 0.161 e. The number of ketones is 1. The second kappa shape index (κ2) is 5.87. The number of ether oxygens (including phenoxy) is 2. The molecule has 0 saturated carbocycles. The lowest BCUT2D eigenvalue weighted by Gasteiger charge is -2.17. The summed E-state index contributed by atoms with van der Waals surface area (Å²) in [7, 11) is 1.86. The largest absolute Gasteiger partial charge is 0.490 e. The molecule has 0 fully saturated rings. The summed E-state index contributed by atoms with van der Waals surface area (Å²) in [5.41, 5.74) is 1.05. The summed E-state index contributed by atoms with van der Waals surface area (Å²) in [6.07, 6.45) is 1.38. The number of Topliss-reactive ketones (excluding diaryl/α,β-unsaturated/α-hetero) is 1. The fraction of sp³-hybridized carbons (Fsp3) is 0.500. The van der Waals surface area contributed by atoms with Gasteiger partial charge in [-0.15, -0.1) is 0 Å². The lowest BCUT2D eigenvalue weighted by atomic mass is 10.0. The van der Waals surface area contributed by atoms with Gasteiger partial charge in [-0.2, -0.15) is 0 Å². The maximum atomic E-state index is 11.2. The number of rotatable bonds is 4. The molecule has 0 aliphatic carbocycles. The van der Waals surface area contributed by atoms with Crippen LogP contribution in [-0.2, 0) is 4.79 Å². The molecule has 2 rings (SSSR count). The number of carbonyl (C=O) groups excluding carboxylic acids is 1. The van der Waals surface area contributed by atoms with Crippen LogP contribution in [0.25, 0.3) is 0 Å². The highest BCUT2D eigenvalue weighted by molar-refractivity contribution is 5.76. The monoisotopic (exact) mass is 249 g/mol. The summed E-state index contributed by atoms with van der Waals surface area (Å²) in [6, 6.07) is 5.89. The van der Waals surface area contributed by atoms with E-state index in [1.807, 2.05) is 25.2 Å². The van der Waals surface area contributed by atoms with Crippen molar-refractivity contribution >= 4 is 5.78 Å². The first-order valence-electron chi connectivity index (χ1n) is 6.27. The van der Waals surface area contributed by atoms with E-state index in [2.05, 4.69) is 5.32 Å². The van der Waals surface area contributed by atoms with E-state index < -0.39 is 0 Å². The van der Waals surface area contributed by atoms with Crippen LogP contribution in [0, 0.1) is 0 Å². The third kappa shape index (κ3) is 3.01. The van der Waals surface area contributed by atoms with Gasteiger partial charge < -0.3 is 14.8 Å². The minimum atomic E-state index is 0.0275. The Morgan fingerprint density at radius 1 is 1.33 bits per heavy atom. The SMILES string of the molecule is CNC(CC(C)=O)c1ccc2c(c1)OCCCO2. The Morgan fingerprint density at radius 2 is 2.06 bits per heavy atom. The van der Waals surface area contributed by atoms with E-state index in [0.717, 1.165) is 23.5 Å². The summed E-state index contributed by atoms with van der Waals surface area (Å²) in [5, 5.41) is 3.15. The Morgan fingerprint density at radius 3 is 2.72 bits per heavy atom. The predicted octanol–water partition coefficient (Wildman–Crippen LogP) is 2.09. The third-order valence-corrected chi connectivity index (χ3v) is 3.01. The molecule has 1 aliphatic heterocycles. The molecule has 1 heterocycles. The van der Waals surface area contributed by atoms with Gasteiger partial charge >= 0.3 is 0 Å². The zero-order chi connectivity index (χ0) is 13.0. The van der Waals surface area contributed by atoms with Crippen LogP contribution in [0.1, 0.15) is 31.4 Å². The minimum Gasteiger partial charge on any atom is -0.490 e. The van der Waals surface area contributed by atoms with Crippen LogP contribution in [0.4, 0.5) is 0 Å². The van der Waals surface area contributed by atoms with Gasteiger partial charge in [0.2, 0.25) is 0 Å². The van der Waals surface area contributed by atoms with Crippen LogP contribution in [-0.4, -0.2) is 26.0 Å². The highest BCUT2D eigenvalue weighted by Crippen LogP contribution is 2.32. The molecule has 0 bridgehead atoms. The average Bonchev–Trinajstić information content (AvgIpc) is 2.59. The predicted molar refractivity (Wildman–Crippen MR) is 69.1 cm³/mol. The molecule has 0 aromatic heterocycles. The van der Waals surface area contributed by atoms with Crippen molar-refractivity contribution in [1.82, 2.24) is 5.32 Å². The van der Waals surface area contributed by atoms with Gasteiger partial charge in [-0.05, 0) is 31.7 Å². The fourth-order valence-electron chi connectivity index (χ4n) is 2.07. The highest BCUT2D eigenvalue weighted by atomic mass is 16.5. The number of benzene rings is 1. The fourth-order valence-corrected chi connectivity index (χ4v) is 2.07. The van der Waals surface area contributed by atoms with Gasteiger partial charge in [-0.3, -0.25) is 4.79 Å². The second-order valence-electron chi connectivity index (χ2n) is 4.50. The topological polar surface area (TPSA) is 47.6 Å². The van der Waals surface area contributed by atoms with E-state index in [9.17, 15) is 4.79 Å². The van der Waals surface area contributed by atoms with Crippen molar-refractivity contribution in [2.24, 2.45) is 0 Å². The zero-order valence-corrected chi connectivity index (χ0v) is 10.9. The van der Waals surface area contributed by atoms with Crippen molar-refractivity contribution in [1.29, 1.82) is 0 Å². The van der Waals surface area contributed by atoms with Gasteiger partial charge in [0, 0.05) is 18.9 Å². The van der Waals surface area contributed by atoms with Crippen LogP contribution in [0.3, 0.4) is 0 Å². The van der Waals surface area contributed by atoms with Crippen molar-refractivity contribution in [3.63, 3.8) is 0 Å². The Balaban J connectivity index is 2.23. The van der Waals surface area contributed by atoms with Crippen LogP contribution >= 0.6 is 0 Å². The molecule has 0 spiro atoms. The molecule has 0 amide bonds. The lowest BCUT2D eigenvalue weighted by molar-refractivity contribution is -0.117. The third-order valence-electron chi connectivity index (χ3n) is 3.01. The quantitative estimate of drug-likeness (QED) is 0.887. The normalized spacial score (nSPS) is 15.9. The molecule has 1 atom stereocenters. The highest BCUT2D eigenvalue weighted by Gasteiger charge is 2.16. The van der Waals surface area contributed by atoms with Crippen molar-refractivity contribution < 1.29 is 14.3 Å². The molecule has 0 radical (unpaired) electrons. The Bertz CT molecular complexity index is 431. The van der Waals surface area contributed by atoms with Gasteiger partial charge in [0.05, 0.1) is 13.2 Å². The molecule has 0 saturated heterocycles. The smallest absolute Gasteiger partial charge is 0.161 e. The molecule has 4 nitrogen and oxygen atoms in total. The molecule has 1 aromatic carbocycles. The van der Waals surface area contributed by atoms with Gasteiger partial charge in [-0.25, -0.2) is 0 Å². The van der Waals surface area contributed by atoms with Gasteiger partial charge in [0.1, 0.15) is 5.78 Å². The number of fused-ring (bicyclic) bond motifs is 1. The Hall–Kier alpha value is -1.55. The standard InChI is InChI=1S/C14H19NO3/c1-10(16)8-12(15-2)11-4-5-13-14(9-11)18-7-3-6-17-13/h4-5,9,12,15H,3,6-8H2,1-2H3. The zero-order valence-electron chi connectivity index (χ0n) is 10.9. The summed E-state index contributed by atoms with van der Waals surface area (Å²) < 4.78 is 11.2. The van der Waals surface area contributed by atoms with E-state index >= 15 is 0 Å². The first kappa shape index (κ1) is 12.9. The summed E-state index contributed by atoms with van der Waals surface area (Å²) >= 11 is 0. The van der Waals surface area contributed by atoms with Crippen molar-refractivity contribution in [3.8, 4) is 11.5 Å². The molecule has 4 heteroatoms. The Labute approximate surface area is 107 Å². The Kier molecular flexibility index (Phi) is 4.20. The average molecular weight is 249 g/mol. The van der Waals surface area contributed by atoms with E-state index in [1.54, 1.807) is 6.92 Å². The molecular formula is C14H19NO3. The van der Waals surface area contributed by atoms with Crippen molar-refractivity contribution in [2.45, 2.75) is 25.8 Å². The first-order valence-corrected chi connectivity index (χ1v) is 6.27. The molecule has 1 N–H and O–H groups in total. The first-order chi connectivity index (χ1) is 8.70. The molecule has 1 aliphatic rings. The summed E-state index contributed by atoms with van der Waals surface area (Å²) in [6.45, 7) is 2.97. The summed E-state index contributed by atoms with van der Waals surface area (Å²) in [4.78, 5) is 11.2. The molecule has 1 aromatic rings. The van der Waals surface area contributed by atoms with Gasteiger partial charge in [-0.1, -0.05) is 6.07 Å².